The van der Waals surface area contributed by atoms with Crippen LogP contribution in [0.5, 0.6) is 0 Å². The molecule has 388 valence electrons. The van der Waals surface area contributed by atoms with Crippen molar-refractivity contribution < 1.29 is 24.3 Å². The molecule has 3 aliphatic heterocycles. The predicted octanol–water partition coefficient (Wildman–Crippen LogP) is 4.42. The minimum absolute atomic E-state index is 0.00407. The summed E-state index contributed by atoms with van der Waals surface area (Å²) in [5.74, 6) is 2.13. The first-order valence-electron chi connectivity index (χ1n) is 24.7. The Morgan fingerprint density at radius 3 is 1.21 bits per heavy atom. The zero-order valence-corrected chi connectivity index (χ0v) is 43.1. The SMILES string of the molecule is CC(=O)c1cnc(C(=O)N[C@H]2CCN(c3nccn4cccc34)C2)nc1.CC(O)c1cnc(C(=O)N[C@H]2CCN(c3nccn4cccc34)C2)nc1.O=C(N[C@H]1CCN(c2nccn3cccc23)C1)c1ncc(Br)cn1. The number of nitrogens with zero attached hydrogens (tertiary/aromatic N) is 15. The van der Waals surface area contributed by atoms with Gasteiger partial charge in [-0.05, 0) is 85.4 Å². The smallest absolute Gasteiger partial charge is 0.289 e. The van der Waals surface area contributed by atoms with Crippen molar-refractivity contribution in [3.05, 3.63) is 162 Å². The molecule has 23 nitrogen and oxygen atoms in total. The van der Waals surface area contributed by atoms with E-state index in [0.29, 0.717) is 24.2 Å². The number of anilines is 3. The van der Waals surface area contributed by atoms with E-state index in [1.165, 1.54) is 31.7 Å². The zero-order chi connectivity index (χ0) is 52.7. The largest absolute Gasteiger partial charge is 0.389 e. The second kappa shape index (κ2) is 22.8. The monoisotopic (exact) mass is 1090 g/mol. The zero-order valence-electron chi connectivity index (χ0n) is 41.5. The molecule has 9 aromatic rings. The van der Waals surface area contributed by atoms with Crippen molar-refractivity contribution >= 4 is 73.4 Å². The number of aromatic nitrogens is 12. The second-order valence-corrected chi connectivity index (χ2v) is 19.4. The van der Waals surface area contributed by atoms with Crippen molar-refractivity contribution in [1.29, 1.82) is 0 Å². The summed E-state index contributed by atoms with van der Waals surface area (Å²) in [6, 6.07) is 12.1. The summed E-state index contributed by atoms with van der Waals surface area (Å²) >= 11 is 3.26. The van der Waals surface area contributed by atoms with Crippen LogP contribution in [0.3, 0.4) is 0 Å². The topological polar surface area (TPSA) is 264 Å². The van der Waals surface area contributed by atoms with Crippen molar-refractivity contribution in [2.24, 2.45) is 0 Å². The minimum atomic E-state index is -0.653. The standard InChI is InChI=1S/C18H20N6O2.C18H18N6O2.C16H15BrN6O/c2*1-12(25)13-9-20-16(21-10-13)18(26)22-14-4-7-24(11-14)17-15-3-2-6-23(15)8-5-19-17;17-11-8-19-14(20-9-11)16(24)21-12-3-6-23(10-12)15-13-2-1-5-22(13)7-4-18-15/h2-3,5-6,8-10,12,14,25H,4,7,11H2,1H3,(H,22,26);2-3,5-6,8-10,14H,4,7,11H2,1H3,(H,22,26);1-2,4-5,7-9,12H,3,6,10H2,(H,21,24)/t12?,14-;14-;12-/m000/s1. The number of ketones is 1. The number of amides is 3. The molecular formula is C52H53BrN18O5. The van der Waals surface area contributed by atoms with Crippen molar-refractivity contribution in [2.45, 2.75) is 57.3 Å². The van der Waals surface area contributed by atoms with E-state index in [2.05, 4.69) is 91.4 Å². The Kier molecular flexibility index (Phi) is 15.2. The maximum absolute atomic E-state index is 12.4. The molecule has 76 heavy (non-hydrogen) atoms. The Hall–Kier alpha value is -8.77. The third-order valence-corrected chi connectivity index (χ3v) is 13.6. The van der Waals surface area contributed by atoms with E-state index in [4.69, 9.17) is 0 Å². The number of aliphatic hydroxyl groups excluding tert-OH is 1. The van der Waals surface area contributed by atoms with Gasteiger partial charge < -0.3 is 49.0 Å². The van der Waals surface area contributed by atoms with E-state index in [1.807, 2.05) is 86.8 Å². The normalized spacial score (nSPS) is 17.5. The molecule has 1 unspecified atom stereocenters. The van der Waals surface area contributed by atoms with E-state index in [1.54, 1.807) is 37.9 Å². The number of aliphatic hydroxyl groups is 1. The molecule has 4 N–H and O–H groups in total. The van der Waals surface area contributed by atoms with Crippen molar-refractivity contribution in [3.63, 3.8) is 0 Å². The Morgan fingerprint density at radius 1 is 0.526 bits per heavy atom. The lowest BCUT2D eigenvalue weighted by molar-refractivity contribution is 0.0921. The Balaban J connectivity index is 0.000000130. The first-order chi connectivity index (χ1) is 36.9. The molecular weight excluding hydrogens is 1040 g/mol. The summed E-state index contributed by atoms with van der Waals surface area (Å²) in [7, 11) is 0. The number of carbonyl (C=O) groups is 4. The van der Waals surface area contributed by atoms with Crippen LogP contribution >= 0.6 is 15.9 Å². The van der Waals surface area contributed by atoms with Crippen LogP contribution < -0.4 is 30.7 Å². The van der Waals surface area contributed by atoms with Crippen LogP contribution in [0.25, 0.3) is 16.6 Å². The van der Waals surface area contributed by atoms with Crippen LogP contribution in [-0.2, 0) is 0 Å². The number of halogens is 1. The van der Waals surface area contributed by atoms with Gasteiger partial charge in [-0.3, -0.25) is 19.2 Å². The molecule has 0 radical (unpaired) electrons. The average molecular weight is 1090 g/mol. The molecule has 0 saturated carbocycles. The van der Waals surface area contributed by atoms with Crippen molar-refractivity contribution in [1.82, 2.24) is 74.0 Å². The number of fused-ring (bicyclic) bond motifs is 3. The Bertz CT molecular complexity index is 3500. The molecule has 4 atom stereocenters. The highest BCUT2D eigenvalue weighted by molar-refractivity contribution is 9.10. The van der Waals surface area contributed by atoms with Gasteiger partial charge in [-0.1, -0.05) is 0 Å². The fourth-order valence-electron chi connectivity index (χ4n) is 9.29. The fraction of sp³-hybridized carbons (Fsp3) is 0.288. The van der Waals surface area contributed by atoms with Gasteiger partial charge in [0.1, 0.15) is 0 Å². The molecule has 12 heterocycles. The van der Waals surface area contributed by atoms with Gasteiger partial charge >= 0.3 is 0 Å². The summed E-state index contributed by atoms with van der Waals surface area (Å²) in [6.45, 7) is 7.64. The number of rotatable bonds is 11. The summed E-state index contributed by atoms with van der Waals surface area (Å²) in [4.78, 5) is 92.3. The third kappa shape index (κ3) is 11.6. The van der Waals surface area contributed by atoms with Crippen LogP contribution in [0.1, 0.15) is 87.0 Å². The van der Waals surface area contributed by atoms with Gasteiger partial charge in [0.25, 0.3) is 17.7 Å². The first kappa shape index (κ1) is 50.7. The molecule has 9 aromatic heterocycles. The van der Waals surface area contributed by atoms with E-state index in [-0.39, 0.29) is 59.1 Å². The first-order valence-corrected chi connectivity index (χ1v) is 25.5. The molecule has 0 bridgehead atoms. The van der Waals surface area contributed by atoms with E-state index >= 15 is 0 Å². The van der Waals surface area contributed by atoms with Gasteiger partial charge in [0, 0.05) is 156 Å². The molecule has 0 spiro atoms. The average Bonchev–Trinajstić information content (AvgIpc) is 4.31. The molecule has 0 aromatic carbocycles. The molecule has 3 fully saturated rings. The highest BCUT2D eigenvalue weighted by Gasteiger charge is 2.30. The summed E-state index contributed by atoms with van der Waals surface area (Å²) < 4.78 is 6.85. The lowest BCUT2D eigenvalue weighted by atomic mass is 10.2. The van der Waals surface area contributed by atoms with Crippen LogP contribution in [0.4, 0.5) is 17.5 Å². The quantitative estimate of drug-likeness (QED) is 0.131. The Labute approximate surface area is 443 Å². The third-order valence-electron chi connectivity index (χ3n) is 13.2. The predicted molar refractivity (Wildman–Crippen MR) is 284 cm³/mol. The van der Waals surface area contributed by atoms with Crippen molar-refractivity contribution in [2.75, 3.05) is 54.0 Å². The van der Waals surface area contributed by atoms with Gasteiger partial charge in [-0.15, -0.1) is 0 Å². The van der Waals surface area contributed by atoms with Crippen LogP contribution in [-0.4, -0.2) is 144 Å². The number of nitrogens with one attached hydrogen (secondary N) is 3. The van der Waals surface area contributed by atoms with E-state index < -0.39 is 6.10 Å². The Morgan fingerprint density at radius 2 is 0.868 bits per heavy atom. The fourth-order valence-corrected chi connectivity index (χ4v) is 9.49. The van der Waals surface area contributed by atoms with Gasteiger partial charge in [-0.25, -0.2) is 44.9 Å². The van der Waals surface area contributed by atoms with Gasteiger partial charge in [0.2, 0.25) is 17.5 Å². The molecule has 12 rings (SSSR count). The maximum atomic E-state index is 12.4. The van der Waals surface area contributed by atoms with Gasteiger partial charge in [0.05, 0.1) is 32.7 Å². The van der Waals surface area contributed by atoms with E-state index in [0.717, 1.165) is 83.9 Å². The summed E-state index contributed by atoms with van der Waals surface area (Å²) in [5, 5.41) is 18.4. The summed E-state index contributed by atoms with van der Waals surface area (Å²) in [6.07, 6.45) is 27.8. The number of hydrogen-bond donors (Lipinski definition) is 4. The van der Waals surface area contributed by atoms with Crippen LogP contribution in [0, 0.1) is 0 Å². The molecule has 3 saturated heterocycles. The number of Topliss-reactive ketones (excluding diaryl/α,β-unsaturated/α-hetero) is 1. The highest BCUT2D eigenvalue weighted by atomic mass is 79.9. The van der Waals surface area contributed by atoms with E-state index in [9.17, 15) is 24.3 Å². The number of hydrogen-bond acceptors (Lipinski definition) is 17. The summed E-state index contributed by atoms with van der Waals surface area (Å²) in [5.41, 5.74) is 4.14. The van der Waals surface area contributed by atoms with Gasteiger partial charge in [-0.2, -0.15) is 0 Å². The van der Waals surface area contributed by atoms with Crippen LogP contribution in [0.15, 0.2) is 134 Å². The molecule has 3 amide bonds. The second-order valence-electron chi connectivity index (χ2n) is 18.5. The van der Waals surface area contributed by atoms with Crippen molar-refractivity contribution in [3.8, 4) is 0 Å². The highest BCUT2D eigenvalue weighted by Crippen LogP contribution is 2.26. The number of carbonyl (C=O) groups excluding carboxylic acids is 4. The van der Waals surface area contributed by atoms with Gasteiger partial charge in [0.15, 0.2) is 23.2 Å². The van der Waals surface area contributed by atoms with Crippen LogP contribution in [0.2, 0.25) is 0 Å². The minimum Gasteiger partial charge on any atom is -0.389 e. The lowest BCUT2D eigenvalue weighted by Gasteiger charge is -2.19. The maximum Gasteiger partial charge on any atom is 0.289 e. The molecule has 3 aliphatic rings. The molecule has 0 aliphatic carbocycles. The molecule has 24 heteroatoms. The lowest BCUT2D eigenvalue weighted by Crippen LogP contribution is -2.38.